The summed E-state index contributed by atoms with van der Waals surface area (Å²) < 4.78 is 53.6. The Morgan fingerprint density at radius 2 is 1.42 bits per heavy atom. The molecule has 0 radical (unpaired) electrons. The summed E-state index contributed by atoms with van der Waals surface area (Å²) in [5.74, 6) is -8.09. The van der Waals surface area contributed by atoms with Crippen molar-refractivity contribution in [1.29, 1.82) is 0 Å². The number of nitrogens with one attached hydrogen (secondary N) is 2. The molecule has 22 heteroatoms. The zero-order valence-electron chi connectivity index (χ0n) is 33.1. The number of thioether (sulfide) groups is 3. The van der Waals surface area contributed by atoms with Crippen molar-refractivity contribution >= 4 is 85.2 Å². The summed E-state index contributed by atoms with van der Waals surface area (Å²) >= 11 is 3.42. The second-order valence-electron chi connectivity index (χ2n) is 13.4. The number of benzene rings is 3. The third kappa shape index (κ3) is 11.5. The van der Waals surface area contributed by atoms with Crippen molar-refractivity contribution < 1.29 is 71.1 Å². The van der Waals surface area contributed by atoms with Gasteiger partial charge in [0.1, 0.15) is 28.4 Å². The van der Waals surface area contributed by atoms with Crippen LogP contribution in [0.3, 0.4) is 0 Å². The van der Waals surface area contributed by atoms with Gasteiger partial charge in [-0.15, -0.1) is 23.5 Å². The van der Waals surface area contributed by atoms with Crippen molar-refractivity contribution in [2.75, 3.05) is 38.1 Å². The molecule has 2 aliphatic heterocycles. The van der Waals surface area contributed by atoms with Crippen LogP contribution in [0.15, 0.2) is 59.5 Å². The summed E-state index contributed by atoms with van der Waals surface area (Å²) in [4.78, 5) is 77.6. The van der Waals surface area contributed by atoms with E-state index in [2.05, 4.69) is 10.6 Å². The van der Waals surface area contributed by atoms with E-state index in [9.17, 15) is 33.8 Å². The highest BCUT2D eigenvalue weighted by molar-refractivity contribution is 7.99. The van der Waals surface area contributed by atoms with Crippen LogP contribution in [-0.2, 0) is 50.8 Å². The van der Waals surface area contributed by atoms with Crippen LogP contribution in [0.1, 0.15) is 56.0 Å². The van der Waals surface area contributed by atoms with Gasteiger partial charge >= 0.3 is 38.1 Å². The third-order valence-corrected chi connectivity index (χ3v) is 11.0. The van der Waals surface area contributed by atoms with E-state index >= 15 is 4.39 Å². The van der Waals surface area contributed by atoms with Crippen molar-refractivity contribution in [1.82, 2.24) is 10.6 Å². The molecule has 2 aliphatic rings. The van der Waals surface area contributed by atoms with Gasteiger partial charge in [0.15, 0.2) is 5.44 Å². The lowest BCUT2D eigenvalue weighted by Gasteiger charge is -2.34. The number of hydrogen-bond acceptors (Lipinski definition) is 17. The Hall–Kier alpha value is -4.89. The van der Waals surface area contributed by atoms with Gasteiger partial charge in [-0.25, -0.2) is 18.8 Å². The molecule has 2 amide bonds. The second-order valence-corrected chi connectivity index (χ2v) is 16.0. The van der Waals surface area contributed by atoms with Crippen molar-refractivity contribution in [2.45, 2.75) is 48.9 Å². The van der Waals surface area contributed by atoms with Gasteiger partial charge in [0.05, 0.1) is 29.1 Å². The summed E-state index contributed by atoms with van der Waals surface area (Å²) in [5, 5.41) is 16.6. The molecule has 0 saturated carbocycles. The lowest BCUT2D eigenvalue weighted by Crippen LogP contribution is -2.59. The van der Waals surface area contributed by atoms with Gasteiger partial charge in [-0.2, -0.15) is 11.8 Å². The maximum absolute atomic E-state index is 15.3. The number of rotatable bonds is 17. The van der Waals surface area contributed by atoms with Crippen molar-refractivity contribution in [3.63, 3.8) is 0 Å². The predicted molar refractivity (Wildman–Crippen MR) is 221 cm³/mol. The van der Waals surface area contributed by atoms with Gasteiger partial charge in [-0.05, 0) is 67.0 Å². The number of hydrogen-bond donors (Lipinski definition) is 3. The molecule has 0 spiro atoms. The Bertz CT molecular complexity index is 2090. The highest BCUT2D eigenvalue weighted by atomic mass is 32.2. The molecule has 3 atom stereocenters. The van der Waals surface area contributed by atoms with Crippen LogP contribution in [-0.4, -0.2) is 110 Å². The molecule has 318 valence electrons. The molecular weight excluding hydrogens is 845 g/mol. The number of esters is 4. The molecule has 0 bridgehead atoms. The van der Waals surface area contributed by atoms with E-state index in [0.717, 1.165) is 17.8 Å². The first-order chi connectivity index (χ1) is 28.8. The normalized spacial score (nSPS) is 15.9. The van der Waals surface area contributed by atoms with E-state index < -0.39 is 92.2 Å². The first-order valence-electron chi connectivity index (χ1n) is 18.3. The summed E-state index contributed by atoms with van der Waals surface area (Å²) in [5.41, 5.74) is -0.999. The largest absolute Gasteiger partial charge is 0.550 e. The minimum absolute atomic E-state index is 0.00641. The van der Waals surface area contributed by atoms with E-state index in [1.807, 2.05) is 0 Å². The lowest BCUT2D eigenvalue weighted by atomic mass is 9.71. The fourth-order valence-electron chi connectivity index (χ4n) is 6.01. The van der Waals surface area contributed by atoms with E-state index in [1.165, 1.54) is 41.7 Å². The lowest BCUT2D eigenvalue weighted by molar-refractivity contribution is -0.155. The number of carbonyl (C=O) groups is 6. The highest BCUT2D eigenvalue weighted by Gasteiger charge is 2.45. The van der Waals surface area contributed by atoms with Crippen LogP contribution in [0.2, 0.25) is 0 Å². The van der Waals surface area contributed by atoms with Gasteiger partial charge < -0.3 is 48.6 Å². The van der Waals surface area contributed by atoms with E-state index in [4.69, 9.17) is 32.9 Å². The van der Waals surface area contributed by atoms with Gasteiger partial charge in [0, 0.05) is 4.90 Å². The first-order valence-corrected chi connectivity index (χ1v) is 22.2. The molecule has 3 N–H and O–H groups in total. The molecule has 0 aromatic heterocycles. The molecule has 0 aliphatic carbocycles. The molecule has 2 heterocycles. The Labute approximate surface area is 358 Å². The van der Waals surface area contributed by atoms with Crippen molar-refractivity contribution in [3.8, 4) is 11.5 Å². The maximum Gasteiger partial charge on any atom is 0.550 e. The van der Waals surface area contributed by atoms with Crippen LogP contribution >= 0.6 is 35.3 Å². The number of amides is 2. The summed E-state index contributed by atoms with van der Waals surface area (Å²) in [6.07, 6.45) is 5.01. The van der Waals surface area contributed by atoms with Gasteiger partial charge in [0.25, 0.3) is 5.91 Å². The molecule has 0 saturated heterocycles. The SMILES string of the molecule is CSCC(=O)N[C@H]1Cc2ccc(F)c(C(=O)OCOC(=O)c3ccccc3)c2OB1OC(SC)C(=O)N[C@H]1Cc2ccc(SC)c(C(=O)OCOC(=O)C(C)C)c2OB1O. The molecule has 5 rings (SSSR count). The summed E-state index contributed by atoms with van der Waals surface area (Å²) in [6, 6.07) is 13.7. The Kier molecular flexibility index (Phi) is 16.6. The second kappa shape index (κ2) is 21.6. The van der Waals surface area contributed by atoms with Gasteiger partial charge in [-0.1, -0.05) is 44.2 Å². The zero-order valence-corrected chi connectivity index (χ0v) is 35.5. The molecule has 16 nitrogen and oxygen atoms in total. The maximum atomic E-state index is 15.3. The zero-order chi connectivity index (χ0) is 43.5. The fraction of sp³-hybridized carbons (Fsp3) is 0.368. The van der Waals surface area contributed by atoms with Crippen LogP contribution < -0.4 is 19.9 Å². The third-order valence-electron chi connectivity index (χ3n) is 8.93. The number of carbonyl (C=O) groups excluding carboxylic acids is 6. The predicted octanol–water partition coefficient (Wildman–Crippen LogP) is 3.49. The van der Waals surface area contributed by atoms with Crippen LogP contribution in [0.4, 0.5) is 4.39 Å². The monoisotopic (exact) mass is 886 g/mol. The Morgan fingerprint density at radius 3 is 2.07 bits per heavy atom. The Balaban J connectivity index is 1.31. The minimum atomic E-state index is -1.65. The van der Waals surface area contributed by atoms with Crippen LogP contribution in [0.5, 0.6) is 11.5 Å². The number of halogens is 1. The average molecular weight is 887 g/mol. The average Bonchev–Trinajstić information content (AvgIpc) is 3.22. The molecule has 1 unspecified atom stereocenters. The Morgan fingerprint density at radius 1 is 0.800 bits per heavy atom. The van der Waals surface area contributed by atoms with E-state index in [0.29, 0.717) is 16.0 Å². The van der Waals surface area contributed by atoms with Crippen LogP contribution in [0.25, 0.3) is 0 Å². The van der Waals surface area contributed by atoms with Crippen molar-refractivity contribution in [3.05, 3.63) is 88.2 Å². The van der Waals surface area contributed by atoms with Crippen LogP contribution in [0, 0.1) is 11.7 Å². The van der Waals surface area contributed by atoms with E-state index in [-0.39, 0.29) is 47.1 Å². The van der Waals surface area contributed by atoms with Crippen molar-refractivity contribution in [2.24, 2.45) is 5.92 Å². The molecule has 3 aromatic rings. The number of fused-ring (bicyclic) bond motifs is 2. The molecular formula is C38H41B2FN2O14S3. The fourth-order valence-corrected chi connectivity index (χ4v) is 7.45. The molecule has 0 fully saturated rings. The highest BCUT2D eigenvalue weighted by Crippen LogP contribution is 2.37. The standard InChI is InChI=1S/C38H41B2FN2O14S3/c1-20(2)34(46)51-18-54-37(49)30-25(59-4)14-12-23-15-26(39(50)55-32(23)30)43-33(45)38(60-5)57-40-27(42-28(44)17-58-3)16-22-11-13-24(41)29(31(22)56-40)36(48)53-19-52-35(47)21-9-7-6-8-10-21/h6-14,20,26-27,38,50H,15-19H2,1-5H3,(H,42,44)(H,43,45)/t26-,27-,38?/m0/s1. The molecule has 3 aromatic carbocycles. The first kappa shape index (κ1) is 46.2. The molecule has 60 heavy (non-hydrogen) atoms. The summed E-state index contributed by atoms with van der Waals surface area (Å²) in [7, 11) is -3.10. The minimum Gasteiger partial charge on any atom is -0.534 e. The smallest absolute Gasteiger partial charge is 0.534 e. The van der Waals surface area contributed by atoms with Gasteiger partial charge in [0.2, 0.25) is 19.5 Å². The van der Waals surface area contributed by atoms with Gasteiger partial charge in [-0.3, -0.25) is 14.4 Å². The quantitative estimate of drug-likeness (QED) is 0.0767. The number of ether oxygens (including phenoxy) is 4. The topological polar surface area (TPSA) is 211 Å². The summed E-state index contributed by atoms with van der Waals surface area (Å²) in [6.45, 7) is 1.80. The van der Waals surface area contributed by atoms with E-state index in [1.54, 1.807) is 62.9 Å².